The van der Waals surface area contributed by atoms with Crippen LogP contribution in [0.15, 0.2) is 58.2 Å². The Kier molecular flexibility index (Phi) is 6.66. The van der Waals surface area contributed by atoms with Crippen LogP contribution >= 0.6 is 0 Å². The van der Waals surface area contributed by atoms with E-state index >= 15 is 0 Å². The number of nitrogens with one attached hydrogen (secondary N) is 1. The predicted octanol–water partition coefficient (Wildman–Crippen LogP) is 3.73. The Morgan fingerprint density at radius 2 is 2.06 bits per heavy atom. The summed E-state index contributed by atoms with van der Waals surface area (Å²) < 4.78 is 47.4. The highest BCUT2D eigenvalue weighted by Crippen LogP contribution is 2.29. The molecule has 8 nitrogen and oxygen atoms in total. The van der Waals surface area contributed by atoms with E-state index in [1.807, 2.05) is 0 Å². The number of aromatic nitrogens is 2. The van der Waals surface area contributed by atoms with E-state index in [-0.39, 0.29) is 35.3 Å². The molecule has 0 bridgehead atoms. The standard InChI is InChI=1S/C23H23FN4O4S/c1-16-22(21(32-27-16)11-10-17-6-2-3-9-20(17)24)33(30,31)28-13-5-7-18(15-28)23(29)26-19-8-4-12-25-14-19/h2-4,6,8-12,14,18H,5,7,13,15H2,1H3,(H,26,29). The molecule has 0 saturated carbocycles. The summed E-state index contributed by atoms with van der Waals surface area (Å²) in [6.07, 6.45) is 7.07. The SMILES string of the molecule is Cc1noc(C=Cc2ccccc2F)c1S(=O)(=O)N1CCCC(C(=O)Nc2cccnc2)C1. The van der Waals surface area contributed by atoms with Gasteiger partial charge in [0, 0.05) is 24.8 Å². The van der Waals surface area contributed by atoms with Crippen LogP contribution in [-0.2, 0) is 14.8 Å². The first kappa shape index (κ1) is 22.8. The molecule has 0 aliphatic carbocycles. The number of hydrogen-bond acceptors (Lipinski definition) is 6. The molecule has 1 unspecified atom stereocenters. The number of piperidine rings is 1. The van der Waals surface area contributed by atoms with Gasteiger partial charge in [0.05, 0.1) is 17.8 Å². The lowest BCUT2D eigenvalue weighted by atomic mass is 9.99. The van der Waals surface area contributed by atoms with Crippen molar-refractivity contribution in [2.75, 3.05) is 18.4 Å². The highest BCUT2D eigenvalue weighted by atomic mass is 32.2. The van der Waals surface area contributed by atoms with Gasteiger partial charge in [-0.05, 0) is 50.1 Å². The minimum absolute atomic E-state index is 0.0117. The molecular formula is C23H23FN4O4S. The zero-order valence-electron chi connectivity index (χ0n) is 17.9. The highest BCUT2D eigenvalue weighted by molar-refractivity contribution is 7.89. The number of carbonyl (C=O) groups excluding carboxylic acids is 1. The van der Waals surface area contributed by atoms with Gasteiger partial charge in [-0.25, -0.2) is 12.8 Å². The van der Waals surface area contributed by atoms with E-state index in [1.165, 1.54) is 35.6 Å². The first-order valence-corrected chi connectivity index (χ1v) is 11.9. The van der Waals surface area contributed by atoms with Gasteiger partial charge in [0.1, 0.15) is 11.5 Å². The molecule has 1 atom stereocenters. The highest BCUT2D eigenvalue weighted by Gasteiger charge is 2.37. The number of pyridine rings is 1. The Hall–Kier alpha value is -3.37. The number of nitrogens with zero attached hydrogens (tertiary/aromatic N) is 3. The Bertz CT molecular complexity index is 1270. The van der Waals surface area contributed by atoms with Crippen molar-refractivity contribution < 1.29 is 22.1 Å². The van der Waals surface area contributed by atoms with Crippen molar-refractivity contribution in [3.63, 3.8) is 0 Å². The van der Waals surface area contributed by atoms with Gasteiger partial charge in [-0.3, -0.25) is 9.78 Å². The fraction of sp³-hybridized carbons (Fsp3) is 0.261. The van der Waals surface area contributed by atoms with Crippen LogP contribution in [0.3, 0.4) is 0 Å². The first-order chi connectivity index (χ1) is 15.9. The Labute approximate surface area is 191 Å². The van der Waals surface area contributed by atoms with Crippen molar-refractivity contribution in [2.45, 2.75) is 24.7 Å². The molecule has 3 heterocycles. The van der Waals surface area contributed by atoms with Crippen molar-refractivity contribution in [3.8, 4) is 0 Å². The minimum atomic E-state index is -3.99. The molecule has 1 aromatic carbocycles. The number of halogens is 1. The number of rotatable bonds is 6. The van der Waals surface area contributed by atoms with Crippen LogP contribution in [-0.4, -0.2) is 41.9 Å². The van der Waals surface area contributed by atoms with E-state index in [2.05, 4.69) is 15.5 Å². The lowest BCUT2D eigenvalue weighted by molar-refractivity contribution is -0.120. The maximum atomic E-state index is 13.9. The van der Waals surface area contributed by atoms with Crippen molar-refractivity contribution in [3.05, 3.63) is 71.6 Å². The van der Waals surface area contributed by atoms with Gasteiger partial charge in [0.25, 0.3) is 0 Å². The number of carbonyl (C=O) groups is 1. The third-order valence-electron chi connectivity index (χ3n) is 5.43. The van der Waals surface area contributed by atoms with Crippen molar-refractivity contribution in [1.82, 2.24) is 14.4 Å². The van der Waals surface area contributed by atoms with E-state index < -0.39 is 21.8 Å². The Morgan fingerprint density at radius 1 is 1.24 bits per heavy atom. The average Bonchev–Trinajstić information content (AvgIpc) is 3.20. The quantitative estimate of drug-likeness (QED) is 0.589. The molecule has 33 heavy (non-hydrogen) atoms. The summed E-state index contributed by atoms with van der Waals surface area (Å²) in [4.78, 5) is 16.6. The summed E-state index contributed by atoms with van der Waals surface area (Å²) in [5, 5.41) is 6.59. The van der Waals surface area contributed by atoms with Gasteiger partial charge >= 0.3 is 0 Å². The normalized spacial score (nSPS) is 17.3. The van der Waals surface area contributed by atoms with E-state index in [0.29, 0.717) is 24.1 Å². The monoisotopic (exact) mass is 470 g/mol. The molecule has 172 valence electrons. The Morgan fingerprint density at radius 3 is 2.82 bits per heavy atom. The summed E-state index contributed by atoms with van der Waals surface area (Å²) >= 11 is 0. The molecule has 1 saturated heterocycles. The third kappa shape index (κ3) is 5.01. The van der Waals surface area contributed by atoms with E-state index in [0.717, 1.165) is 0 Å². The molecule has 1 N–H and O–H groups in total. The van der Waals surface area contributed by atoms with Crippen LogP contribution < -0.4 is 5.32 Å². The molecule has 2 aromatic heterocycles. The smallest absolute Gasteiger partial charge is 0.248 e. The molecule has 1 fully saturated rings. The number of benzene rings is 1. The number of hydrogen-bond donors (Lipinski definition) is 1. The van der Waals surface area contributed by atoms with Gasteiger partial charge in [-0.15, -0.1) is 0 Å². The molecule has 1 amide bonds. The molecule has 1 aliphatic rings. The fourth-order valence-corrected chi connectivity index (χ4v) is 5.53. The molecule has 0 spiro atoms. The lowest BCUT2D eigenvalue weighted by Crippen LogP contribution is -2.43. The van der Waals surface area contributed by atoms with Crippen LogP contribution in [0.4, 0.5) is 10.1 Å². The summed E-state index contributed by atoms with van der Waals surface area (Å²) in [7, 11) is -3.99. The number of sulfonamides is 1. The molecule has 1 aliphatic heterocycles. The molecular weight excluding hydrogens is 447 g/mol. The summed E-state index contributed by atoms with van der Waals surface area (Å²) in [6, 6.07) is 9.55. The van der Waals surface area contributed by atoms with E-state index in [9.17, 15) is 17.6 Å². The van der Waals surface area contributed by atoms with Crippen LogP contribution in [0, 0.1) is 18.7 Å². The minimum Gasteiger partial charge on any atom is -0.355 e. The summed E-state index contributed by atoms with van der Waals surface area (Å²) in [5.41, 5.74) is 1.04. The van der Waals surface area contributed by atoms with Gasteiger partial charge in [0.2, 0.25) is 15.9 Å². The van der Waals surface area contributed by atoms with Gasteiger partial charge < -0.3 is 9.84 Å². The summed E-state index contributed by atoms with van der Waals surface area (Å²) in [5.74, 6) is -1.19. The largest absolute Gasteiger partial charge is 0.355 e. The van der Waals surface area contributed by atoms with Crippen molar-refractivity contribution in [2.24, 2.45) is 5.92 Å². The predicted molar refractivity (Wildman–Crippen MR) is 121 cm³/mol. The zero-order chi connectivity index (χ0) is 23.4. The van der Waals surface area contributed by atoms with Gasteiger partial charge in [-0.2, -0.15) is 4.31 Å². The maximum Gasteiger partial charge on any atom is 0.248 e. The fourth-order valence-electron chi connectivity index (χ4n) is 3.76. The topological polar surface area (TPSA) is 105 Å². The Balaban J connectivity index is 1.55. The lowest BCUT2D eigenvalue weighted by Gasteiger charge is -2.31. The summed E-state index contributed by atoms with van der Waals surface area (Å²) in [6.45, 7) is 1.85. The number of aryl methyl sites for hydroxylation is 1. The first-order valence-electron chi connectivity index (χ1n) is 10.5. The van der Waals surface area contributed by atoms with Crippen LogP contribution in [0.5, 0.6) is 0 Å². The van der Waals surface area contributed by atoms with Crippen molar-refractivity contribution >= 4 is 33.8 Å². The molecule has 0 radical (unpaired) electrons. The van der Waals surface area contributed by atoms with E-state index in [4.69, 9.17) is 4.52 Å². The van der Waals surface area contributed by atoms with Crippen LogP contribution in [0.1, 0.15) is 29.9 Å². The van der Waals surface area contributed by atoms with Crippen LogP contribution in [0.2, 0.25) is 0 Å². The van der Waals surface area contributed by atoms with Crippen molar-refractivity contribution in [1.29, 1.82) is 0 Å². The van der Waals surface area contributed by atoms with Gasteiger partial charge in [0.15, 0.2) is 10.7 Å². The zero-order valence-corrected chi connectivity index (χ0v) is 18.8. The third-order valence-corrected chi connectivity index (χ3v) is 7.46. The van der Waals surface area contributed by atoms with E-state index in [1.54, 1.807) is 36.5 Å². The average molecular weight is 471 g/mol. The number of amides is 1. The number of anilines is 1. The van der Waals surface area contributed by atoms with Gasteiger partial charge in [-0.1, -0.05) is 23.4 Å². The van der Waals surface area contributed by atoms with Crippen LogP contribution in [0.25, 0.3) is 12.2 Å². The molecule has 3 aromatic rings. The second-order valence-corrected chi connectivity index (χ2v) is 9.62. The maximum absolute atomic E-state index is 13.9. The second-order valence-electron chi connectivity index (χ2n) is 7.75. The molecule has 4 rings (SSSR count). The molecule has 10 heteroatoms. The second kappa shape index (κ2) is 9.63.